The molecule has 9 heteroatoms. The standard InChI is InChI=1S/C18H14Cl2N2O4S/c1-21-17(24)13(22(18(21)27)9-15(23)25-2)8-10-6-7-14(26-10)11-4-3-5-12(19)16(11)20/h3-8H,9H2,1-2H3. The fraction of sp³-hybridized carbons (Fsp3) is 0.167. The Morgan fingerprint density at radius 2 is 2.04 bits per heavy atom. The first-order valence-electron chi connectivity index (χ1n) is 7.75. The summed E-state index contributed by atoms with van der Waals surface area (Å²) < 4.78 is 10.5. The number of esters is 1. The summed E-state index contributed by atoms with van der Waals surface area (Å²) in [6.45, 7) is -0.176. The summed E-state index contributed by atoms with van der Waals surface area (Å²) in [4.78, 5) is 26.8. The highest BCUT2D eigenvalue weighted by molar-refractivity contribution is 7.80. The van der Waals surface area contributed by atoms with Gasteiger partial charge in [0.25, 0.3) is 5.91 Å². The van der Waals surface area contributed by atoms with Crippen LogP contribution in [-0.4, -0.2) is 47.5 Å². The Bertz CT molecular complexity index is 970. The Balaban J connectivity index is 1.96. The third kappa shape index (κ3) is 3.71. The van der Waals surface area contributed by atoms with Gasteiger partial charge in [0.05, 0.1) is 17.2 Å². The molecule has 1 aliphatic rings. The largest absolute Gasteiger partial charge is 0.468 e. The van der Waals surface area contributed by atoms with Gasteiger partial charge in [-0.2, -0.15) is 0 Å². The summed E-state index contributed by atoms with van der Waals surface area (Å²) >= 11 is 17.5. The molecule has 0 bridgehead atoms. The number of furan rings is 1. The number of methoxy groups -OCH3 is 1. The summed E-state index contributed by atoms with van der Waals surface area (Å²) in [5, 5.41) is 0.992. The first-order chi connectivity index (χ1) is 12.8. The lowest BCUT2D eigenvalue weighted by atomic mass is 10.2. The van der Waals surface area contributed by atoms with Crippen molar-refractivity contribution in [3.63, 3.8) is 0 Å². The number of hydrogen-bond acceptors (Lipinski definition) is 5. The van der Waals surface area contributed by atoms with Crippen LogP contribution in [0.5, 0.6) is 0 Å². The average Bonchev–Trinajstić information content (AvgIpc) is 3.19. The van der Waals surface area contributed by atoms with E-state index in [-0.39, 0.29) is 23.3 Å². The van der Waals surface area contributed by atoms with Crippen molar-refractivity contribution in [3.05, 3.63) is 51.8 Å². The second kappa shape index (κ2) is 7.72. The minimum absolute atomic E-state index is 0.176. The summed E-state index contributed by atoms with van der Waals surface area (Å²) in [5.41, 5.74) is 0.844. The number of ether oxygens (including phenoxy) is 1. The van der Waals surface area contributed by atoms with Gasteiger partial charge in [-0.15, -0.1) is 0 Å². The number of benzene rings is 1. The Kier molecular flexibility index (Phi) is 5.55. The number of likely N-dealkylation sites (N-methyl/N-ethyl adjacent to an activating group) is 1. The van der Waals surface area contributed by atoms with Gasteiger partial charge in [0, 0.05) is 18.7 Å². The molecule has 1 amide bonds. The van der Waals surface area contributed by atoms with Gasteiger partial charge in [-0.1, -0.05) is 29.3 Å². The molecule has 1 fully saturated rings. The fourth-order valence-electron chi connectivity index (χ4n) is 2.55. The van der Waals surface area contributed by atoms with Gasteiger partial charge in [-0.05, 0) is 36.5 Å². The number of carbonyl (C=O) groups is 2. The lowest BCUT2D eigenvalue weighted by Gasteiger charge is -2.16. The molecule has 0 saturated carbocycles. The molecule has 3 rings (SSSR count). The molecule has 1 saturated heterocycles. The van der Waals surface area contributed by atoms with Crippen LogP contribution in [0.15, 0.2) is 40.4 Å². The van der Waals surface area contributed by atoms with Crippen molar-refractivity contribution >= 4 is 58.5 Å². The van der Waals surface area contributed by atoms with Crippen LogP contribution < -0.4 is 0 Å². The second-order valence-electron chi connectivity index (χ2n) is 5.64. The van der Waals surface area contributed by atoms with Crippen LogP contribution in [-0.2, 0) is 14.3 Å². The lowest BCUT2D eigenvalue weighted by Crippen LogP contribution is -2.33. The molecule has 0 radical (unpaired) electrons. The van der Waals surface area contributed by atoms with Crippen LogP contribution in [0, 0.1) is 0 Å². The molecule has 1 aromatic heterocycles. The van der Waals surface area contributed by atoms with Gasteiger partial charge in [0.15, 0.2) is 5.11 Å². The first-order valence-corrected chi connectivity index (χ1v) is 8.92. The fourth-order valence-corrected chi connectivity index (χ4v) is 3.19. The van der Waals surface area contributed by atoms with Gasteiger partial charge in [-0.3, -0.25) is 14.5 Å². The number of rotatable bonds is 4. The predicted octanol–water partition coefficient (Wildman–Crippen LogP) is 3.83. The van der Waals surface area contributed by atoms with Crippen molar-refractivity contribution < 1.29 is 18.7 Å². The van der Waals surface area contributed by atoms with Gasteiger partial charge < -0.3 is 14.1 Å². The highest BCUT2D eigenvalue weighted by atomic mass is 35.5. The van der Waals surface area contributed by atoms with E-state index in [1.165, 1.54) is 30.0 Å². The average molecular weight is 425 g/mol. The molecule has 0 unspecified atom stereocenters. The molecule has 1 aliphatic heterocycles. The molecular formula is C18H14Cl2N2O4S. The Hall–Kier alpha value is -2.35. The number of halogens is 2. The van der Waals surface area contributed by atoms with Gasteiger partial charge in [0.2, 0.25) is 0 Å². The molecule has 27 heavy (non-hydrogen) atoms. The molecule has 0 aliphatic carbocycles. The Morgan fingerprint density at radius 1 is 1.30 bits per heavy atom. The van der Waals surface area contributed by atoms with E-state index in [0.717, 1.165) is 0 Å². The van der Waals surface area contributed by atoms with Crippen molar-refractivity contribution in [2.24, 2.45) is 0 Å². The third-order valence-corrected chi connectivity index (χ3v) is 5.28. The summed E-state index contributed by atoms with van der Waals surface area (Å²) in [6, 6.07) is 8.62. The van der Waals surface area contributed by atoms with E-state index in [9.17, 15) is 9.59 Å². The number of hydrogen-bond donors (Lipinski definition) is 0. The molecule has 140 valence electrons. The lowest BCUT2D eigenvalue weighted by molar-refractivity contribution is -0.140. The topological polar surface area (TPSA) is 63.0 Å². The quantitative estimate of drug-likeness (QED) is 0.422. The molecule has 1 aromatic carbocycles. The molecule has 6 nitrogen and oxygen atoms in total. The number of amides is 1. The molecule has 0 atom stereocenters. The Labute approximate surface area is 170 Å². The van der Waals surface area contributed by atoms with Crippen LogP contribution >= 0.6 is 35.4 Å². The van der Waals surface area contributed by atoms with Crippen LogP contribution in [0.25, 0.3) is 17.4 Å². The van der Waals surface area contributed by atoms with Crippen molar-refractivity contribution in [3.8, 4) is 11.3 Å². The molecular weight excluding hydrogens is 411 g/mol. The van der Waals surface area contributed by atoms with Crippen LogP contribution in [0.1, 0.15) is 5.76 Å². The number of carbonyl (C=O) groups excluding carboxylic acids is 2. The van der Waals surface area contributed by atoms with E-state index < -0.39 is 5.97 Å². The van der Waals surface area contributed by atoms with E-state index in [4.69, 9.17) is 39.8 Å². The Morgan fingerprint density at radius 3 is 2.74 bits per heavy atom. The van der Waals surface area contributed by atoms with Gasteiger partial charge in [-0.25, -0.2) is 0 Å². The van der Waals surface area contributed by atoms with E-state index in [1.54, 1.807) is 30.3 Å². The highest BCUT2D eigenvalue weighted by Gasteiger charge is 2.37. The van der Waals surface area contributed by atoms with E-state index in [1.807, 2.05) is 0 Å². The zero-order valence-electron chi connectivity index (χ0n) is 14.4. The number of thiocarbonyl (C=S) groups is 1. The maximum absolute atomic E-state index is 12.5. The third-order valence-electron chi connectivity index (χ3n) is 3.97. The first kappa shape index (κ1) is 19.4. The van der Waals surface area contributed by atoms with Crippen LogP contribution in [0.4, 0.5) is 0 Å². The van der Waals surface area contributed by atoms with E-state index >= 15 is 0 Å². The van der Waals surface area contributed by atoms with E-state index in [2.05, 4.69) is 4.74 Å². The van der Waals surface area contributed by atoms with Crippen molar-refractivity contribution in [1.29, 1.82) is 0 Å². The van der Waals surface area contributed by atoms with Crippen molar-refractivity contribution in [1.82, 2.24) is 9.80 Å². The van der Waals surface area contributed by atoms with Crippen LogP contribution in [0.3, 0.4) is 0 Å². The molecule has 2 aromatic rings. The summed E-state index contributed by atoms with van der Waals surface area (Å²) in [6.07, 6.45) is 1.52. The zero-order chi connectivity index (χ0) is 19.7. The molecule has 0 spiro atoms. The van der Waals surface area contributed by atoms with E-state index in [0.29, 0.717) is 27.1 Å². The minimum atomic E-state index is -0.516. The van der Waals surface area contributed by atoms with Gasteiger partial charge >= 0.3 is 5.97 Å². The van der Waals surface area contributed by atoms with Crippen molar-refractivity contribution in [2.75, 3.05) is 20.7 Å². The maximum atomic E-state index is 12.5. The van der Waals surface area contributed by atoms with Crippen molar-refractivity contribution in [2.45, 2.75) is 0 Å². The minimum Gasteiger partial charge on any atom is -0.468 e. The van der Waals surface area contributed by atoms with Gasteiger partial charge in [0.1, 0.15) is 23.8 Å². The second-order valence-corrected chi connectivity index (χ2v) is 6.79. The molecule has 2 heterocycles. The monoisotopic (exact) mass is 424 g/mol. The SMILES string of the molecule is COC(=O)CN1C(=S)N(C)C(=O)C1=Cc1ccc(-c2cccc(Cl)c2Cl)o1. The summed E-state index contributed by atoms with van der Waals surface area (Å²) in [5.74, 6) is 0.0347. The normalized spacial score (nSPS) is 15.8. The molecule has 0 N–H and O–H groups in total. The number of nitrogens with zero attached hydrogens (tertiary/aromatic N) is 2. The smallest absolute Gasteiger partial charge is 0.325 e. The zero-order valence-corrected chi connectivity index (χ0v) is 16.7. The summed E-state index contributed by atoms with van der Waals surface area (Å²) in [7, 11) is 2.80. The van der Waals surface area contributed by atoms with Crippen LogP contribution in [0.2, 0.25) is 10.0 Å². The highest BCUT2D eigenvalue weighted by Crippen LogP contribution is 2.35. The maximum Gasteiger partial charge on any atom is 0.325 e. The predicted molar refractivity (Wildman–Crippen MR) is 106 cm³/mol.